The van der Waals surface area contributed by atoms with Crippen molar-refractivity contribution in [3.05, 3.63) is 17.0 Å². The van der Waals surface area contributed by atoms with Crippen molar-refractivity contribution in [3.63, 3.8) is 0 Å². The molecule has 0 bridgehead atoms. The molecule has 0 aliphatic heterocycles. The van der Waals surface area contributed by atoms with Crippen LogP contribution in [0.3, 0.4) is 0 Å². The van der Waals surface area contributed by atoms with Gasteiger partial charge in [-0.1, -0.05) is 13.8 Å². The van der Waals surface area contributed by atoms with Gasteiger partial charge in [0.1, 0.15) is 0 Å². The number of hydrogen-bond donors (Lipinski definition) is 2. The van der Waals surface area contributed by atoms with E-state index >= 15 is 0 Å². The van der Waals surface area contributed by atoms with Gasteiger partial charge in [0.25, 0.3) is 0 Å². The quantitative estimate of drug-likeness (QED) is 0.698. The molecule has 0 fully saturated rings. The Morgan fingerprint density at radius 2 is 1.95 bits per heavy atom. The Morgan fingerprint density at radius 3 is 2.45 bits per heavy atom. The molecule has 2 N–H and O–H groups in total. The first-order valence-electron chi connectivity index (χ1n) is 6.92. The van der Waals surface area contributed by atoms with E-state index in [9.17, 15) is 8.42 Å². The fourth-order valence-electron chi connectivity index (χ4n) is 1.98. The molecule has 0 aliphatic carbocycles. The van der Waals surface area contributed by atoms with Crippen LogP contribution in [0.15, 0.2) is 0 Å². The summed E-state index contributed by atoms with van der Waals surface area (Å²) in [4.78, 5) is 0. The number of hydrogen-bond acceptors (Lipinski definition) is 4. The van der Waals surface area contributed by atoms with Gasteiger partial charge in [0.05, 0.1) is 11.4 Å². The molecule has 0 saturated carbocycles. The van der Waals surface area contributed by atoms with Crippen LogP contribution in [0.1, 0.15) is 37.2 Å². The largest absolute Gasteiger partial charge is 0.314 e. The number of aromatic nitrogens is 2. The van der Waals surface area contributed by atoms with Crippen molar-refractivity contribution < 1.29 is 8.42 Å². The topological polar surface area (TPSA) is 76.0 Å². The minimum absolute atomic E-state index is 0.144. The molecule has 116 valence electrons. The van der Waals surface area contributed by atoms with Crippen molar-refractivity contribution in [3.8, 4) is 0 Å². The molecule has 1 aromatic rings. The van der Waals surface area contributed by atoms with E-state index in [1.54, 1.807) is 4.68 Å². The van der Waals surface area contributed by atoms with E-state index < -0.39 is 10.0 Å². The van der Waals surface area contributed by atoms with E-state index in [0.29, 0.717) is 25.6 Å². The van der Waals surface area contributed by atoms with Crippen molar-refractivity contribution in [2.24, 2.45) is 7.05 Å². The minimum atomic E-state index is -3.23. The lowest BCUT2D eigenvalue weighted by molar-refractivity contribution is 0.560. The Hall–Kier alpha value is -0.920. The summed E-state index contributed by atoms with van der Waals surface area (Å²) in [5, 5.41) is 7.49. The van der Waals surface area contributed by atoms with Gasteiger partial charge < -0.3 is 5.32 Å². The predicted molar refractivity (Wildman–Crippen MR) is 81.1 cm³/mol. The Labute approximate surface area is 122 Å². The third kappa shape index (κ3) is 5.22. The molecule has 0 aliphatic rings. The molecule has 0 atom stereocenters. The van der Waals surface area contributed by atoms with E-state index in [1.807, 2.05) is 34.7 Å². The summed E-state index contributed by atoms with van der Waals surface area (Å²) in [5.74, 6) is 0.144. The van der Waals surface area contributed by atoms with Crippen molar-refractivity contribution in [1.29, 1.82) is 0 Å². The summed E-state index contributed by atoms with van der Waals surface area (Å²) in [5.41, 5.74) is 2.82. The van der Waals surface area contributed by atoms with Crippen LogP contribution in [0.25, 0.3) is 0 Å². The SMILES string of the molecule is Cc1nn(C)c(C)c1CNS(=O)(=O)CCCNC(C)C. The Kier molecular flexibility index (Phi) is 6.16. The van der Waals surface area contributed by atoms with Crippen LogP contribution in [-0.2, 0) is 23.6 Å². The van der Waals surface area contributed by atoms with Crippen molar-refractivity contribution in [2.75, 3.05) is 12.3 Å². The number of aryl methyl sites for hydroxylation is 2. The molecular formula is C13H26N4O2S. The zero-order valence-electron chi connectivity index (χ0n) is 13.0. The smallest absolute Gasteiger partial charge is 0.211 e. The molecule has 7 heteroatoms. The number of sulfonamides is 1. The van der Waals surface area contributed by atoms with E-state index in [0.717, 1.165) is 17.0 Å². The number of nitrogens with one attached hydrogen (secondary N) is 2. The predicted octanol–water partition coefficient (Wildman–Crippen LogP) is 0.844. The van der Waals surface area contributed by atoms with Gasteiger partial charge in [-0.3, -0.25) is 4.68 Å². The van der Waals surface area contributed by atoms with Crippen LogP contribution < -0.4 is 10.0 Å². The van der Waals surface area contributed by atoms with Crippen LogP contribution in [0, 0.1) is 13.8 Å². The lowest BCUT2D eigenvalue weighted by Crippen LogP contribution is -2.30. The van der Waals surface area contributed by atoms with Crippen LogP contribution in [0.2, 0.25) is 0 Å². The average molecular weight is 302 g/mol. The second kappa shape index (κ2) is 7.19. The molecule has 0 aromatic carbocycles. The third-order valence-electron chi connectivity index (χ3n) is 3.27. The summed E-state index contributed by atoms with van der Waals surface area (Å²) in [6.07, 6.45) is 0.610. The maximum absolute atomic E-state index is 11.9. The molecule has 0 unspecified atom stereocenters. The molecule has 1 heterocycles. The minimum Gasteiger partial charge on any atom is -0.314 e. The number of rotatable bonds is 8. The van der Waals surface area contributed by atoms with Crippen LogP contribution in [-0.4, -0.2) is 36.5 Å². The van der Waals surface area contributed by atoms with E-state index in [-0.39, 0.29) is 5.75 Å². The second-order valence-corrected chi connectivity index (χ2v) is 7.30. The highest BCUT2D eigenvalue weighted by molar-refractivity contribution is 7.89. The maximum Gasteiger partial charge on any atom is 0.211 e. The zero-order chi connectivity index (χ0) is 15.3. The van der Waals surface area contributed by atoms with Gasteiger partial charge >= 0.3 is 0 Å². The highest BCUT2D eigenvalue weighted by atomic mass is 32.2. The molecule has 0 amide bonds. The first kappa shape index (κ1) is 17.1. The Bertz CT molecular complexity index is 535. The van der Waals surface area contributed by atoms with Gasteiger partial charge in [0, 0.05) is 30.9 Å². The summed E-state index contributed by atoms with van der Waals surface area (Å²) >= 11 is 0. The van der Waals surface area contributed by atoms with Gasteiger partial charge in [0.2, 0.25) is 10.0 Å². The summed E-state index contributed by atoms with van der Waals surface area (Å²) in [7, 11) is -1.37. The molecule has 1 aromatic heterocycles. The van der Waals surface area contributed by atoms with Crippen LogP contribution >= 0.6 is 0 Å². The normalized spacial score (nSPS) is 12.3. The van der Waals surface area contributed by atoms with Gasteiger partial charge in [-0.15, -0.1) is 0 Å². The third-order valence-corrected chi connectivity index (χ3v) is 4.68. The zero-order valence-corrected chi connectivity index (χ0v) is 13.8. The van der Waals surface area contributed by atoms with E-state index in [2.05, 4.69) is 15.1 Å². The first-order chi connectivity index (χ1) is 9.23. The number of nitrogens with zero attached hydrogens (tertiary/aromatic N) is 2. The highest BCUT2D eigenvalue weighted by Gasteiger charge is 2.14. The Morgan fingerprint density at radius 1 is 1.30 bits per heavy atom. The van der Waals surface area contributed by atoms with Gasteiger partial charge in [-0.2, -0.15) is 5.10 Å². The highest BCUT2D eigenvalue weighted by Crippen LogP contribution is 2.11. The maximum atomic E-state index is 11.9. The van der Waals surface area contributed by atoms with Crippen LogP contribution in [0.5, 0.6) is 0 Å². The molecular weight excluding hydrogens is 276 g/mol. The van der Waals surface area contributed by atoms with Crippen molar-refractivity contribution >= 4 is 10.0 Å². The average Bonchev–Trinajstić information content (AvgIpc) is 2.57. The van der Waals surface area contributed by atoms with Crippen LogP contribution in [0.4, 0.5) is 0 Å². The summed E-state index contributed by atoms with van der Waals surface area (Å²) < 4.78 is 28.2. The molecule has 0 radical (unpaired) electrons. The second-order valence-electron chi connectivity index (χ2n) is 5.38. The van der Waals surface area contributed by atoms with E-state index in [4.69, 9.17) is 0 Å². The monoisotopic (exact) mass is 302 g/mol. The lowest BCUT2D eigenvalue weighted by Gasteiger charge is -2.09. The van der Waals surface area contributed by atoms with Gasteiger partial charge in [-0.05, 0) is 26.8 Å². The fourth-order valence-corrected chi connectivity index (χ4v) is 3.01. The van der Waals surface area contributed by atoms with Crippen molar-refractivity contribution in [2.45, 2.75) is 46.7 Å². The molecule has 6 nitrogen and oxygen atoms in total. The fraction of sp³-hybridized carbons (Fsp3) is 0.769. The molecule has 0 spiro atoms. The molecule has 20 heavy (non-hydrogen) atoms. The summed E-state index contributed by atoms with van der Waals surface area (Å²) in [6.45, 7) is 8.94. The lowest BCUT2D eigenvalue weighted by atomic mass is 10.2. The summed E-state index contributed by atoms with van der Waals surface area (Å²) in [6, 6.07) is 0.381. The first-order valence-corrected chi connectivity index (χ1v) is 8.58. The van der Waals surface area contributed by atoms with Gasteiger partial charge in [-0.25, -0.2) is 13.1 Å². The Balaban J connectivity index is 2.47. The molecule has 1 rings (SSSR count). The molecule has 0 saturated heterocycles. The van der Waals surface area contributed by atoms with E-state index in [1.165, 1.54) is 0 Å². The van der Waals surface area contributed by atoms with Gasteiger partial charge in [0.15, 0.2) is 0 Å². The van der Waals surface area contributed by atoms with Crippen molar-refractivity contribution in [1.82, 2.24) is 19.8 Å². The standard InChI is InChI=1S/C13H26N4O2S/c1-10(2)14-7-6-8-20(18,19)15-9-13-11(3)16-17(5)12(13)4/h10,14-15H,6-9H2,1-5H3.